The second-order valence-electron chi connectivity index (χ2n) is 3.33. The molecule has 2 aromatic rings. The summed E-state index contributed by atoms with van der Waals surface area (Å²) in [6.45, 7) is 0. The molecule has 0 fully saturated rings. The molecule has 0 amide bonds. The summed E-state index contributed by atoms with van der Waals surface area (Å²) in [4.78, 5) is 0. The largest absolute Gasteiger partial charge is 0.493 e. The van der Waals surface area contributed by atoms with Crippen molar-refractivity contribution in [3.05, 3.63) is 24.1 Å². The molecule has 96 valence electrons. The number of rotatable bonds is 5. The van der Waals surface area contributed by atoms with Gasteiger partial charge in [-0.15, -0.1) is 16.7 Å². The lowest BCUT2D eigenvalue weighted by Crippen LogP contribution is -1.94. The molecule has 0 saturated heterocycles. The lowest BCUT2D eigenvalue weighted by molar-refractivity contribution is 0.355. The van der Waals surface area contributed by atoms with E-state index in [-0.39, 0.29) is 11.9 Å². The summed E-state index contributed by atoms with van der Waals surface area (Å²) in [7, 11) is 3.15. The van der Waals surface area contributed by atoms with Crippen molar-refractivity contribution in [1.29, 1.82) is 0 Å². The molecule has 7 heteroatoms. The van der Waals surface area contributed by atoms with Gasteiger partial charge in [-0.2, -0.15) is 0 Å². The van der Waals surface area contributed by atoms with Crippen LogP contribution >= 0.6 is 11.6 Å². The van der Waals surface area contributed by atoms with E-state index in [1.54, 1.807) is 26.4 Å². The van der Waals surface area contributed by atoms with E-state index in [9.17, 15) is 0 Å². The molecule has 0 bridgehead atoms. The highest BCUT2D eigenvalue weighted by Gasteiger charge is 2.08. The molecule has 2 rings (SSSR count). The van der Waals surface area contributed by atoms with E-state index < -0.39 is 0 Å². The lowest BCUT2D eigenvalue weighted by Gasteiger charge is -2.09. The van der Waals surface area contributed by atoms with Crippen LogP contribution < -0.4 is 14.8 Å². The molecule has 6 nitrogen and oxygen atoms in total. The first kappa shape index (κ1) is 12.5. The molecule has 1 heterocycles. The van der Waals surface area contributed by atoms with Crippen LogP contribution in [0.3, 0.4) is 0 Å². The predicted molar refractivity (Wildman–Crippen MR) is 66.7 cm³/mol. The third-order valence-corrected chi connectivity index (χ3v) is 2.44. The molecular weight excluding hydrogens is 258 g/mol. The van der Waals surface area contributed by atoms with Crippen molar-refractivity contribution in [2.24, 2.45) is 0 Å². The molecule has 0 saturated carbocycles. The van der Waals surface area contributed by atoms with E-state index in [2.05, 4.69) is 15.5 Å². The van der Waals surface area contributed by atoms with Crippen LogP contribution in [0.15, 0.2) is 22.6 Å². The van der Waals surface area contributed by atoms with Gasteiger partial charge in [-0.3, -0.25) is 0 Å². The van der Waals surface area contributed by atoms with Crippen molar-refractivity contribution < 1.29 is 13.9 Å². The molecule has 0 atom stereocenters. The number of nitrogens with one attached hydrogen (secondary N) is 1. The van der Waals surface area contributed by atoms with E-state index >= 15 is 0 Å². The molecule has 1 aromatic carbocycles. The first-order valence-electron chi connectivity index (χ1n) is 5.14. The molecule has 18 heavy (non-hydrogen) atoms. The third-order valence-electron chi connectivity index (χ3n) is 2.22. The van der Waals surface area contributed by atoms with E-state index in [0.717, 1.165) is 5.69 Å². The van der Waals surface area contributed by atoms with Crippen LogP contribution in [0, 0.1) is 0 Å². The molecule has 0 aliphatic carbocycles. The Hall–Kier alpha value is -1.95. The summed E-state index contributed by atoms with van der Waals surface area (Å²) >= 11 is 5.57. The smallest absolute Gasteiger partial charge is 0.320 e. The van der Waals surface area contributed by atoms with Crippen molar-refractivity contribution in [3.63, 3.8) is 0 Å². The number of anilines is 2. The first-order valence-corrected chi connectivity index (χ1v) is 5.67. The third kappa shape index (κ3) is 2.65. The average Bonchev–Trinajstić information content (AvgIpc) is 2.86. The SMILES string of the molecule is COc1ccc(Nc2nnc(CCl)o2)cc1OC. The molecular formula is C11H12ClN3O3. The number of alkyl halides is 1. The zero-order chi connectivity index (χ0) is 13.0. The van der Waals surface area contributed by atoms with E-state index in [0.29, 0.717) is 17.4 Å². The topological polar surface area (TPSA) is 69.4 Å². The van der Waals surface area contributed by atoms with Gasteiger partial charge in [-0.1, -0.05) is 5.10 Å². The summed E-state index contributed by atoms with van der Waals surface area (Å²) < 4.78 is 15.6. The fourth-order valence-electron chi connectivity index (χ4n) is 1.40. The van der Waals surface area contributed by atoms with Gasteiger partial charge in [-0.05, 0) is 12.1 Å². The normalized spacial score (nSPS) is 10.2. The Morgan fingerprint density at radius 2 is 2.00 bits per heavy atom. The van der Waals surface area contributed by atoms with E-state index in [1.807, 2.05) is 6.07 Å². The monoisotopic (exact) mass is 269 g/mol. The van der Waals surface area contributed by atoms with Gasteiger partial charge >= 0.3 is 6.01 Å². The van der Waals surface area contributed by atoms with Gasteiger partial charge in [0.15, 0.2) is 11.5 Å². The maximum absolute atomic E-state index is 5.57. The Bertz CT molecular complexity index is 530. The number of halogens is 1. The van der Waals surface area contributed by atoms with E-state index in [4.69, 9.17) is 25.5 Å². The quantitative estimate of drug-likeness (QED) is 0.842. The first-order chi connectivity index (χ1) is 8.76. The van der Waals surface area contributed by atoms with Gasteiger partial charge in [0.05, 0.1) is 14.2 Å². The van der Waals surface area contributed by atoms with Gasteiger partial charge in [0.1, 0.15) is 5.88 Å². The Morgan fingerprint density at radius 3 is 2.61 bits per heavy atom. The minimum absolute atomic E-state index is 0.181. The van der Waals surface area contributed by atoms with Gasteiger partial charge in [0.25, 0.3) is 0 Å². The number of hydrogen-bond donors (Lipinski definition) is 1. The number of nitrogens with zero attached hydrogens (tertiary/aromatic N) is 2. The number of benzene rings is 1. The predicted octanol–water partition coefficient (Wildman–Crippen LogP) is 2.57. The summed E-state index contributed by atoms with van der Waals surface area (Å²) in [6, 6.07) is 5.63. The molecule has 1 N–H and O–H groups in total. The zero-order valence-electron chi connectivity index (χ0n) is 9.94. The summed E-state index contributed by atoms with van der Waals surface area (Å²) in [6.07, 6.45) is 0. The fraction of sp³-hybridized carbons (Fsp3) is 0.273. The zero-order valence-corrected chi connectivity index (χ0v) is 10.7. The maximum Gasteiger partial charge on any atom is 0.320 e. The molecule has 1 aromatic heterocycles. The van der Waals surface area contributed by atoms with Crippen molar-refractivity contribution in [1.82, 2.24) is 10.2 Å². The minimum atomic E-state index is 0.181. The van der Waals surface area contributed by atoms with Crippen molar-refractivity contribution >= 4 is 23.3 Å². The highest BCUT2D eigenvalue weighted by Crippen LogP contribution is 2.30. The van der Waals surface area contributed by atoms with Gasteiger partial charge in [0.2, 0.25) is 5.89 Å². The van der Waals surface area contributed by atoms with Crippen LogP contribution in [0.4, 0.5) is 11.7 Å². The Kier molecular flexibility index (Phi) is 3.88. The number of methoxy groups -OCH3 is 2. The van der Waals surface area contributed by atoms with Crippen LogP contribution in [0.25, 0.3) is 0 Å². The van der Waals surface area contributed by atoms with Crippen LogP contribution in [0.1, 0.15) is 5.89 Å². The lowest BCUT2D eigenvalue weighted by atomic mass is 10.3. The molecule has 0 unspecified atom stereocenters. The standard InChI is InChI=1S/C11H12ClN3O3/c1-16-8-4-3-7(5-9(8)17-2)13-11-15-14-10(6-12)18-11/h3-5H,6H2,1-2H3,(H,13,15). The molecule has 0 aliphatic rings. The van der Waals surface area contributed by atoms with Crippen LogP contribution in [-0.4, -0.2) is 24.4 Å². The highest BCUT2D eigenvalue weighted by molar-refractivity contribution is 6.16. The minimum Gasteiger partial charge on any atom is -0.493 e. The number of aromatic nitrogens is 2. The highest BCUT2D eigenvalue weighted by atomic mass is 35.5. The molecule has 0 radical (unpaired) electrons. The Balaban J connectivity index is 2.18. The second-order valence-corrected chi connectivity index (χ2v) is 3.60. The number of ether oxygens (including phenoxy) is 2. The number of hydrogen-bond acceptors (Lipinski definition) is 6. The Labute approximate surface area is 109 Å². The van der Waals surface area contributed by atoms with Gasteiger partial charge in [-0.25, -0.2) is 0 Å². The summed E-state index contributed by atoms with van der Waals surface area (Å²) in [5, 5.41) is 10.5. The van der Waals surface area contributed by atoms with Crippen molar-refractivity contribution in [2.75, 3.05) is 19.5 Å². The Morgan fingerprint density at radius 1 is 1.22 bits per heavy atom. The average molecular weight is 270 g/mol. The van der Waals surface area contributed by atoms with Gasteiger partial charge < -0.3 is 19.2 Å². The summed E-state index contributed by atoms with van der Waals surface area (Å²) in [5.41, 5.74) is 0.748. The van der Waals surface area contributed by atoms with Crippen LogP contribution in [0.5, 0.6) is 11.5 Å². The van der Waals surface area contributed by atoms with Crippen LogP contribution in [-0.2, 0) is 5.88 Å². The molecule has 0 aliphatic heterocycles. The van der Waals surface area contributed by atoms with Crippen molar-refractivity contribution in [3.8, 4) is 11.5 Å². The fourth-order valence-corrected chi connectivity index (χ4v) is 1.50. The molecule has 0 spiro atoms. The summed E-state index contributed by atoms with van der Waals surface area (Å²) in [5.74, 6) is 1.80. The van der Waals surface area contributed by atoms with E-state index in [1.165, 1.54) is 0 Å². The van der Waals surface area contributed by atoms with Gasteiger partial charge in [0, 0.05) is 11.8 Å². The van der Waals surface area contributed by atoms with Crippen molar-refractivity contribution in [2.45, 2.75) is 5.88 Å². The maximum atomic E-state index is 5.57. The van der Waals surface area contributed by atoms with Crippen LogP contribution in [0.2, 0.25) is 0 Å². The second kappa shape index (κ2) is 5.59.